The summed E-state index contributed by atoms with van der Waals surface area (Å²) >= 11 is 0. The van der Waals surface area contributed by atoms with E-state index in [1.807, 2.05) is 6.92 Å². The molecule has 1 aromatic carbocycles. The molecule has 0 bridgehead atoms. The van der Waals surface area contributed by atoms with Gasteiger partial charge in [-0.3, -0.25) is 5.32 Å². The van der Waals surface area contributed by atoms with Crippen LogP contribution in [0.1, 0.15) is 24.8 Å². The van der Waals surface area contributed by atoms with Crippen molar-refractivity contribution in [1.29, 1.82) is 5.26 Å². The van der Waals surface area contributed by atoms with Gasteiger partial charge in [0.15, 0.2) is 6.19 Å². The molecule has 21 heavy (non-hydrogen) atoms. The smallest absolute Gasteiger partial charge is 0.285 e. The van der Waals surface area contributed by atoms with E-state index < -0.39 is 10.0 Å². The summed E-state index contributed by atoms with van der Waals surface area (Å²) in [6.07, 6.45) is 4.81. The van der Waals surface area contributed by atoms with Crippen LogP contribution in [0.4, 0.5) is 0 Å². The molecule has 0 unspecified atom stereocenters. The largest absolute Gasteiger partial charge is 0.341 e. The van der Waals surface area contributed by atoms with Crippen LogP contribution >= 0.6 is 0 Å². The molecular weight excluding hydrogens is 288 g/mol. The summed E-state index contributed by atoms with van der Waals surface area (Å²) in [5, 5.41) is 11.2. The number of nitrogens with one attached hydrogen (secondary N) is 1. The third kappa shape index (κ3) is 3.95. The number of hydrogen-bond donors (Lipinski definition) is 1. The normalized spacial score (nSPS) is 16.4. The van der Waals surface area contributed by atoms with E-state index in [0.29, 0.717) is 13.1 Å². The molecule has 1 aliphatic rings. The quantitative estimate of drug-likeness (QED) is 0.388. The number of nitrogens with zero attached hydrogens (tertiary/aromatic N) is 3. The first-order valence-electron chi connectivity index (χ1n) is 6.84. The lowest BCUT2D eigenvalue weighted by Gasteiger charge is -2.28. The zero-order chi connectivity index (χ0) is 15.3. The Kier molecular flexibility index (Phi) is 4.81. The van der Waals surface area contributed by atoms with Crippen LogP contribution in [-0.4, -0.2) is 32.4 Å². The van der Waals surface area contributed by atoms with E-state index in [1.54, 1.807) is 23.2 Å². The van der Waals surface area contributed by atoms with Crippen molar-refractivity contribution < 1.29 is 8.42 Å². The number of nitriles is 1. The lowest BCUT2D eigenvalue weighted by molar-refractivity contribution is 0.336. The number of sulfonamides is 1. The highest BCUT2D eigenvalue weighted by Gasteiger charge is 2.20. The van der Waals surface area contributed by atoms with Gasteiger partial charge in [-0.1, -0.05) is 17.7 Å². The van der Waals surface area contributed by atoms with Crippen LogP contribution in [0.5, 0.6) is 0 Å². The van der Waals surface area contributed by atoms with Gasteiger partial charge in [-0.05, 0) is 38.3 Å². The van der Waals surface area contributed by atoms with Crippen molar-refractivity contribution in [2.75, 3.05) is 13.1 Å². The van der Waals surface area contributed by atoms with Crippen LogP contribution in [0.2, 0.25) is 0 Å². The molecule has 112 valence electrons. The highest BCUT2D eigenvalue weighted by Crippen LogP contribution is 2.15. The van der Waals surface area contributed by atoms with Crippen LogP contribution in [0.3, 0.4) is 0 Å². The van der Waals surface area contributed by atoms with Gasteiger partial charge < -0.3 is 4.90 Å². The predicted molar refractivity (Wildman–Crippen MR) is 80.0 cm³/mol. The fraction of sp³-hybridized carbons (Fsp3) is 0.429. The van der Waals surface area contributed by atoms with Gasteiger partial charge in [-0.2, -0.15) is 13.7 Å². The Morgan fingerprint density at radius 3 is 2.43 bits per heavy atom. The molecule has 0 radical (unpaired) electrons. The van der Waals surface area contributed by atoms with E-state index in [-0.39, 0.29) is 10.9 Å². The summed E-state index contributed by atoms with van der Waals surface area (Å²) in [6.45, 7) is 3.30. The number of piperidine rings is 1. The van der Waals surface area contributed by atoms with Gasteiger partial charge in [-0.15, -0.1) is 4.40 Å². The maximum absolute atomic E-state index is 12.3. The molecule has 6 nitrogen and oxygen atoms in total. The Labute approximate surface area is 125 Å². The summed E-state index contributed by atoms with van der Waals surface area (Å²) in [6, 6.07) is 6.49. The van der Waals surface area contributed by atoms with E-state index in [4.69, 9.17) is 5.26 Å². The number of aryl methyl sites for hydroxylation is 1. The summed E-state index contributed by atoms with van der Waals surface area (Å²) < 4.78 is 28.4. The standard InChI is InChI=1S/C14H18N4O2S/c1-12-5-7-13(8-6-12)21(19,20)17-14(16-11-15)18-9-3-2-4-10-18/h5-8H,2-4,9-10H2,1H3,(H,16,17). The maximum Gasteiger partial charge on any atom is 0.285 e. The molecule has 1 aliphatic heterocycles. The minimum absolute atomic E-state index is 0.109. The minimum Gasteiger partial charge on any atom is -0.341 e. The molecule has 1 aromatic rings. The van der Waals surface area contributed by atoms with Crippen LogP contribution in [0, 0.1) is 18.4 Å². The van der Waals surface area contributed by atoms with E-state index in [9.17, 15) is 8.42 Å². The topological polar surface area (TPSA) is 85.6 Å². The van der Waals surface area contributed by atoms with Gasteiger partial charge in [0.05, 0.1) is 4.90 Å². The highest BCUT2D eigenvalue weighted by molar-refractivity contribution is 7.90. The van der Waals surface area contributed by atoms with Gasteiger partial charge in [-0.25, -0.2) is 0 Å². The molecule has 0 aliphatic carbocycles. The van der Waals surface area contributed by atoms with Crippen molar-refractivity contribution in [3.8, 4) is 6.19 Å². The molecule has 2 rings (SSSR count). The van der Waals surface area contributed by atoms with Gasteiger partial charge in [0.1, 0.15) is 0 Å². The average Bonchev–Trinajstić information content (AvgIpc) is 2.48. The Hall–Kier alpha value is -2.07. The first-order chi connectivity index (χ1) is 10.0. The van der Waals surface area contributed by atoms with E-state index in [1.165, 1.54) is 12.1 Å². The number of likely N-dealkylation sites (tertiary alicyclic amines) is 1. The molecule has 7 heteroatoms. The van der Waals surface area contributed by atoms with E-state index in [0.717, 1.165) is 24.8 Å². The molecule has 0 saturated carbocycles. The second kappa shape index (κ2) is 6.59. The van der Waals surface area contributed by atoms with Gasteiger partial charge in [0.25, 0.3) is 10.0 Å². The summed E-state index contributed by atoms with van der Waals surface area (Å²) in [5.41, 5.74) is 0.976. The summed E-state index contributed by atoms with van der Waals surface area (Å²) in [4.78, 5) is 1.93. The molecule has 0 aromatic heterocycles. The maximum atomic E-state index is 12.3. The van der Waals surface area contributed by atoms with Crippen molar-refractivity contribution in [2.24, 2.45) is 4.40 Å². The zero-order valence-corrected chi connectivity index (χ0v) is 12.7. The summed E-state index contributed by atoms with van der Waals surface area (Å²) in [5.74, 6) is 0.109. The first kappa shape index (κ1) is 15.3. The molecule has 1 N–H and O–H groups in total. The average molecular weight is 306 g/mol. The Balaban J connectivity index is 2.31. The highest BCUT2D eigenvalue weighted by atomic mass is 32.2. The minimum atomic E-state index is -3.82. The van der Waals surface area contributed by atoms with Crippen molar-refractivity contribution in [3.05, 3.63) is 29.8 Å². The lowest BCUT2D eigenvalue weighted by atomic mass is 10.1. The van der Waals surface area contributed by atoms with Crippen molar-refractivity contribution in [2.45, 2.75) is 31.1 Å². The van der Waals surface area contributed by atoms with Crippen molar-refractivity contribution >= 4 is 16.0 Å². The van der Waals surface area contributed by atoms with Crippen LogP contribution in [-0.2, 0) is 10.0 Å². The first-order valence-corrected chi connectivity index (χ1v) is 8.28. The molecule has 0 spiro atoms. The SMILES string of the molecule is Cc1ccc(S(=O)(=O)/N=C(\NC#N)N2CCCCC2)cc1. The predicted octanol–water partition coefficient (Wildman–Crippen LogP) is 1.60. The van der Waals surface area contributed by atoms with Crippen molar-refractivity contribution in [1.82, 2.24) is 10.2 Å². The van der Waals surface area contributed by atoms with Gasteiger partial charge in [0, 0.05) is 13.1 Å². The number of rotatable bonds is 2. The van der Waals surface area contributed by atoms with E-state index >= 15 is 0 Å². The molecule has 1 saturated heterocycles. The second-order valence-electron chi connectivity index (χ2n) is 4.99. The summed E-state index contributed by atoms with van der Waals surface area (Å²) in [7, 11) is -3.82. The zero-order valence-electron chi connectivity index (χ0n) is 11.9. The Morgan fingerprint density at radius 1 is 1.24 bits per heavy atom. The number of hydrogen-bond acceptors (Lipinski definition) is 3. The fourth-order valence-electron chi connectivity index (χ4n) is 2.19. The van der Waals surface area contributed by atoms with Crippen molar-refractivity contribution in [3.63, 3.8) is 0 Å². The van der Waals surface area contributed by atoms with Crippen LogP contribution in [0.25, 0.3) is 0 Å². The number of benzene rings is 1. The van der Waals surface area contributed by atoms with Gasteiger partial charge in [0.2, 0.25) is 5.96 Å². The molecule has 1 heterocycles. The monoisotopic (exact) mass is 306 g/mol. The third-order valence-electron chi connectivity index (χ3n) is 3.35. The second-order valence-corrected chi connectivity index (χ2v) is 6.59. The lowest BCUT2D eigenvalue weighted by Crippen LogP contribution is -2.42. The molecular formula is C14H18N4O2S. The van der Waals surface area contributed by atoms with Crippen LogP contribution < -0.4 is 5.32 Å². The third-order valence-corrected chi connectivity index (χ3v) is 4.63. The van der Waals surface area contributed by atoms with E-state index in [2.05, 4.69) is 9.71 Å². The molecule has 0 amide bonds. The Bertz CT molecular complexity index is 653. The Morgan fingerprint density at radius 2 is 1.86 bits per heavy atom. The number of guanidine groups is 1. The molecule has 1 fully saturated rings. The fourth-order valence-corrected chi connectivity index (χ4v) is 3.17. The van der Waals surface area contributed by atoms with Crippen LogP contribution in [0.15, 0.2) is 33.6 Å². The van der Waals surface area contributed by atoms with Gasteiger partial charge >= 0.3 is 0 Å². The molecule has 0 atom stereocenters.